The zero-order valence-electron chi connectivity index (χ0n) is 15.4. The van der Waals surface area contributed by atoms with Crippen molar-refractivity contribution in [2.45, 2.75) is 30.7 Å². The van der Waals surface area contributed by atoms with E-state index in [9.17, 15) is 8.42 Å². The standard InChI is InChI=1S/C19H22N4O2S2/c1-14(19-21-16-7-3-4-8-17(16)26-19)22(2)18-10-9-15(13-20-18)27(24,25)23-11-5-6-12-23/h3-4,7-10,13-14H,5-6,11-12H2,1-2H3/p+1/t14-/m1/s1. The quantitative estimate of drug-likeness (QED) is 0.657. The number of fused-ring (bicyclic) bond motifs is 1. The van der Waals surface area contributed by atoms with Crippen LogP contribution in [-0.4, -0.2) is 37.8 Å². The highest BCUT2D eigenvalue weighted by molar-refractivity contribution is 7.89. The number of hydrogen-bond acceptors (Lipinski definition) is 5. The van der Waals surface area contributed by atoms with E-state index in [-0.39, 0.29) is 6.04 Å². The van der Waals surface area contributed by atoms with Gasteiger partial charge in [-0.25, -0.2) is 18.4 Å². The van der Waals surface area contributed by atoms with E-state index < -0.39 is 10.0 Å². The summed E-state index contributed by atoms with van der Waals surface area (Å²) >= 11 is 1.68. The van der Waals surface area contributed by atoms with Crippen molar-refractivity contribution in [1.29, 1.82) is 0 Å². The maximum Gasteiger partial charge on any atom is 0.274 e. The smallest absolute Gasteiger partial charge is 0.255 e. The molecule has 8 heteroatoms. The monoisotopic (exact) mass is 403 g/mol. The van der Waals surface area contributed by atoms with Crippen LogP contribution in [0.25, 0.3) is 10.2 Å². The Morgan fingerprint density at radius 2 is 1.93 bits per heavy atom. The van der Waals surface area contributed by atoms with Crippen LogP contribution in [0.5, 0.6) is 0 Å². The number of thiazole rings is 1. The van der Waals surface area contributed by atoms with Gasteiger partial charge in [-0.1, -0.05) is 12.1 Å². The van der Waals surface area contributed by atoms with Gasteiger partial charge in [-0.2, -0.15) is 4.31 Å². The van der Waals surface area contributed by atoms with Crippen molar-refractivity contribution in [2.24, 2.45) is 0 Å². The highest BCUT2D eigenvalue weighted by Gasteiger charge is 2.29. The van der Waals surface area contributed by atoms with E-state index in [1.54, 1.807) is 27.9 Å². The lowest BCUT2D eigenvalue weighted by Crippen LogP contribution is -2.31. The largest absolute Gasteiger partial charge is 0.274 e. The van der Waals surface area contributed by atoms with Gasteiger partial charge >= 0.3 is 0 Å². The van der Waals surface area contributed by atoms with Crippen LogP contribution in [0.2, 0.25) is 0 Å². The molecule has 4 rings (SSSR count). The maximum absolute atomic E-state index is 12.7. The average Bonchev–Trinajstić information content (AvgIpc) is 3.37. The Kier molecular flexibility index (Phi) is 4.88. The van der Waals surface area contributed by atoms with Crippen LogP contribution in [0, 0.1) is 0 Å². The Morgan fingerprint density at radius 1 is 1.19 bits per heavy atom. The van der Waals surface area contributed by atoms with Crippen LogP contribution in [-0.2, 0) is 10.0 Å². The lowest BCUT2D eigenvalue weighted by atomic mass is 10.3. The molecule has 1 fully saturated rings. The topological polar surface area (TPSA) is 67.7 Å². The van der Waals surface area contributed by atoms with Gasteiger partial charge in [-0.15, -0.1) is 11.3 Å². The Morgan fingerprint density at radius 3 is 2.59 bits per heavy atom. The van der Waals surface area contributed by atoms with Gasteiger partial charge in [0.05, 0.1) is 17.3 Å². The van der Waals surface area contributed by atoms with Crippen molar-refractivity contribution < 1.29 is 13.4 Å². The molecule has 0 spiro atoms. The summed E-state index contributed by atoms with van der Waals surface area (Å²) in [5.41, 5.74) is 1.01. The Bertz CT molecular complexity index is 1010. The molecule has 0 unspecified atom stereocenters. The van der Waals surface area contributed by atoms with Crippen LogP contribution in [0.15, 0.2) is 47.5 Å². The Labute approximate surface area is 163 Å². The number of aromatic nitrogens is 2. The molecule has 0 saturated carbocycles. The molecule has 2 aromatic heterocycles. The number of para-hydroxylation sites is 1. The van der Waals surface area contributed by atoms with E-state index in [0.717, 1.165) is 29.2 Å². The van der Waals surface area contributed by atoms with Gasteiger partial charge in [0.1, 0.15) is 22.1 Å². The van der Waals surface area contributed by atoms with E-state index in [1.807, 2.05) is 31.3 Å². The number of anilines is 1. The summed E-state index contributed by atoms with van der Waals surface area (Å²) in [4.78, 5) is 10.3. The van der Waals surface area contributed by atoms with Crippen molar-refractivity contribution in [3.05, 3.63) is 47.6 Å². The number of H-pyrrole nitrogens is 1. The summed E-state index contributed by atoms with van der Waals surface area (Å²) in [6.45, 7) is 3.32. The molecule has 6 nitrogen and oxygen atoms in total. The van der Waals surface area contributed by atoms with Gasteiger partial charge in [0.2, 0.25) is 10.0 Å². The van der Waals surface area contributed by atoms with Crippen LogP contribution in [0.1, 0.15) is 30.8 Å². The van der Waals surface area contributed by atoms with Gasteiger partial charge < -0.3 is 0 Å². The first kappa shape index (κ1) is 18.3. The van der Waals surface area contributed by atoms with Crippen LogP contribution in [0.3, 0.4) is 0 Å². The molecule has 1 saturated heterocycles. The molecule has 142 valence electrons. The van der Waals surface area contributed by atoms with Gasteiger partial charge in [0, 0.05) is 19.2 Å². The molecule has 1 aromatic carbocycles. The van der Waals surface area contributed by atoms with Crippen molar-refractivity contribution in [2.75, 3.05) is 25.0 Å². The Balaban J connectivity index is 1.55. The minimum Gasteiger partial charge on any atom is -0.255 e. The first-order valence-electron chi connectivity index (χ1n) is 9.07. The zero-order valence-corrected chi connectivity index (χ0v) is 17.1. The van der Waals surface area contributed by atoms with Crippen LogP contribution in [0.4, 0.5) is 5.82 Å². The molecule has 1 aliphatic heterocycles. The van der Waals surface area contributed by atoms with Crippen molar-refractivity contribution >= 4 is 37.4 Å². The average molecular weight is 404 g/mol. The second-order valence-corrected chi connectivity index (χ2v) is 9.83. The second-order valence-electron chi connectivity index (χ2n) is 6.83. The second kappa shape index (κ2) is 7.18. The normalized spacial score (nSPS) is 16.7. The third kappa shape index (κ3) is 3.44. The fourth-order valence-electron chi connectivity index (χ4n) is 3.30. The number of rotatable bonds is 5. The molecule has 1 aliphatic rings. The number of hydrogen-bond donors (Lipinski definition) is 0. The molecule has 0 amide bonds. The summed E-state index contributed by atoms with van der Waals surface area (Å²) in [7, 11) is -1.41. The van der Waals surface area contributed by atoms with Crippen molar-refractivity contribution in [3.63, 3.8) is 0 Å². The number of nitrogens with zero attached hydrogens (tertiary/aromatic N) is 3. The lowest BCUT2D eigenvalue weighted by Gasteiger charge is -2.18. The van der Waals surface area contributed by atoms with Crippen molar-refractivity contribution in [1.82, 2.24) is 9.29 Å². The van der Waals surface area contributed by atoms with Gasteiger partial charge in [0.25, 0.3) is 5.82 Å². The number of aromatic amines is 1. The fraction of sp³-hybridized carbons (Fsp3) is 0.368. The molecule has 1 atom stereocenters. The third-order valence-corrected chi connectivity index (χ3v) is 8.20. The molecule has 1 N–H and O–H groups in total. The SMILES string of the molecule is C[C@H](c1nc2ccccc2s1)N(C)c1ccc(S(=O)(=O)N2CCCC2)c[nH+]1. The molecule has 0 aliphatic carbocycles. The first-order valence-corrected chi connectivity index (χ1v) is 11.3. The van der Waals surface area contributed by atoms with Gasteiger partial charge in [-0.3, -0.25) is 4.90 Å². The molecular formula is C19H23N4O2S2+. The van der Waals surface area contributed by atoms with Crippen molar-refractivity contribution in [3.8, 4) is 0 Å². The summed E-state index contributed by atoms with van der Waals surface area (Å²) in [6, 6.07) is 11.7. The summed E-state index contributed by atoms with van der Waals surface area (Å²) < 4.78 is 28.0. The van der Waals surface area contributed by atoms with Crippen LogP contribution < -0.4 is 9.88 Å². The highest BCUT2D eigenvalue weighted by Crippen LogP contribution is 2.30. The van der Waals surface area contributed by atoms with E-state index >= 15 is 0 Å². The van der Waals surface area contributed by atoms with E-state index in [1.165, 1.54) is 4.70 Å². The van der Waals surface area contributed by atoms with Gasteiger partial charge in [0.15, 0.2) is 0 Å². The molecule has 3 aromatic rings. The molecule has 27 heavy (non-hydrogen) atoms. The number of sulfonamides is 1. The maximum atomic E-state index is 12.7. The number of nitrogens with one attached hydrogen (secondary N) is 1. The minimum absolute atomic E-state index is 0.0692. The first-order chi connectivity index (χ1) is 13.0. The zero-order chi connectivity index (χ0) is 19.0. The Hall–Kier alpha value is -2.03. The molecular weight excluding hydrogens is 380 g/mol. The predicted octanol–water partition coefficient (Wildman–Crippen LogP) is 3.09. The highest BCUT2D eigenvalue weighted by atomic mass is 32.2. The van der Waals surface area contributed by atoms with E-state index in [0.29, 0.717) is 18.0 Å². The minimum atomic E-state index is -3.40. The van der Waals surface area contributed by atoms with E-state index in [4.69, 9.17) is 4.98 Å². The lowest BCUT2D eigenvalue weighted by molar-refractivity contribution is -0.367. The predicted molar refractivity (Wildman–Crippen MR) is 107 cm³/mol. The fourth-order valence-corrected chi connectivity index (χ4v) is 5.85. The summed E-state index contributed by atoms with van der Waals surface area (Å²) in [5, 5.41) is 1.03. The van der Waals surface area contributed by atoms with Gasteiger partial charge in [-0.05, 0) is 38.0 Å². The summed E-state index contributed by atoms with van der Waals surface area (Å²) in [6.07, 6.45) is 3.46. The van der Waals surface area contributed by atoms with E-state index in [2.05, 4.69) is 22.9 Å². The molecule has 3 heterocycles. The summed E-state index contributed by atoms with van der Waals surface area (Å²) in [5.74, 6) is 0.849. The molecule has 0 radical (unpaired) electrons. The number of benzene rings is 1. The molecule has 0 bridgehead atoms. The third-order valence-electron chi connectivity index (χ3n) is 5.10. The van der Waals surface area contributed by atoms with Crippen LogP contribution >= 0.6 is 11.3 Å². The number of pyridine rings is 1.